The molecule has 2 heterocycles. The standard InChI is InChI=1S/C20H22N2O5/c1-4-25-17-11-15-9-12(2)27-18(15)10-14(17)5-6-19(23)21-22-20(24)16-7-8-26-13(16)3/h5-8,10-12H,4,9H2,1-3H3,(H,21,23)(H,22,24)/b6-5+. The van der Waals surface area contributed by atoms with Crippen molar-refractivity contribution in [3.63, 3.8) is 0 Å². The normalized spacial score (nSPS) is 15.3. The van der Waals surface area contributed by atoms with Crippen LogP contribution in [0.1, 0.15) is 41.1 Å². The Kier molecular flexibility index (Phi) is 5.49. The SMILES string of the molecule is CCOc1cc2c(cc1/C=C/C(=O)NNC(=O)c1ccoc1C)OC(C)C2. The van der Waals surface area contributed by atoms with Gasteiger partial charge in [0.15, 0.2) is 0 Å². The number of amides is 2. The van der Waals surface area contributed by atoms with E-state index in [-0.39, 0.29) is 6.10 Å². The first kappa shape index (κ1) is 18.6. The van der Waals surface area contributed by atoms with Gasteiger partial charge in [0.2, 0.25) is 0 Å². The molecule has 3 rings (SSSR count). The quantitative estimate of drug-likeness (QED) is 0.624. The molecule has 1 unspecified atom stereocenters. The monoisotopic (exact) mass is 370 g/mol. The Balaban J connectivity index is 1.66. The Morgan fingerprint density at radius 3 is 2.85 bits per heavy atom. The second kappa shape index (κ2) is 7.99. The van der Waals surface area contributed by atoms with E-state index in [9.17, 15) is 9.59 Å². The maximum Gasteiger partial charge on any atom is 0.273 e. The Hall–Kier alpha value is -3.22. The molecule has 7 heteroatoms. The third-order valence-corrected chi connectivity index (χ3v) is 4.15. The van der Waals surface area contributed by atoms with E-state index in [2.05, 4.69) is 10.9 Å². The fourth-order valence-corrected chi connectivity index (χ4v) is 2.88. The van der Waals surface area contributed by atoms with Crippen LogP contribution < -0.4 is 20.3 Å². The maximum atomic E-state index is 12.0. The van der Waals surface area contributed by atoms with Gasteiger partial charge >= 0.3 is 0 Å². The molecule has 1 aromatic carbocycles. The van der Waals surface area contributed by atoms with E-state index in [1.165, 1.54) is 18.4 Å². The summed E-state index contributed by atoms with van der Waals surface area (Å²) in [6.07, 6.45) is 5.32. The highest BCUT2D eigenvalue weighted by Crippen LogP contribution is 2.35. The number of hydrogen-bond acceptors (Lipinski definition) is 5. The smallest absolute Gasteiger partial charge is 0.273 e. The molecule has 1 aromatic heterocycles. The topological polar surface area (TPSA) is 89.8 Å². The van der Waals surface area contributed by atoms with E-state index in [0.29, 0.717) is 23.7 Å². The molecule has 0 saturated carbocycles. The predicted octanol–water partition coefficient (Wildman–Crippen LogP) is 2.78. The van der Waals surface area contributed by atoms with Gasteiger partial charge in [-0.2, -0.15) is 0 Å². The highest BCUT2D eigenvalue weighted by atomic mass is 16.5. The van der Waals surface area contributed by atoms with E-state index >= 15 is 0 Å². The molecule has 2 amide bonds. The summed E-state index contributed by atoms with van der Waals surface area (Å²) in [5.41, 5.74) is 6.87. The van der Waals surface area contributed by atoms with Crippen LogP contribution in [0.15, 0.2) is 35.0 Å². The van der Waals surface area contributed by atoms with Gasteiger partial charge in [-0.1, -0.05) is 0 Å². The van der Waals surface area contributed by atoms with Crippen LogP contribution in [0.5, 0.6) is 11.5 Å². The Labute approximate surface area is 157 Å². The molecule has 1 aliphatic rings. The average molecular weight is 370 g/mol. The molecule has 27 heavy (non-hydrogen) atoms. The molecule has 142 valence electrons. The molecule has 0 aliphatic carbocycles. The van der Waals surface area contributed by atoms with E-state index < -0.39 is 11.8 Å². The van der Waals surface area contributed by atoms with Gasteiger partial charge in [-0.15, -0.1) is 0 Å². The molecular formula is C20H22N2O5. The maximum absolute atomic E-state index is 12.0. The summed E-state index contributed by atoms with van der Waals surface area (Å²) >= 11 is 0. The Bertz CT molecular complexity index is 884. The molecule has 2 aromatic rings. The predicted molar refractivity (Wildman–Crippen MR) is 99.5 cm³/mol. The summed E-state index contributed by atoms with van der Waals surface area (Å²) in [6, 6.07) is 5.34. The van der Waals surface area contributed by atoms with Crippen molar-refractivity contribution >= 4 is 17.9 Å². The third-order valence-electron chi connectivity index (χ3n) is 4.15. The second-order valence-corrected chi connectivity index (χ2v) is 6.23. The Morgan fingerprint density at radius 2 is 2.15 bits per heavy atom. The second-order valence-electron chi connectivity index (χ2n) is 6.23. The molecule has 7 nitrogen and oxygen atoms in total. The van der Waals surface area contributed by atoms with Crippen LogP contribution in [0.2, 0.25) is 0 Å². The molecular weight excluding hydrogens is 348 g/mol. The molecule has 0 saturated heterocycles. The highest BCUT2D eigenvalue weighted by molar-refractivity contribution is 5.98. The van der Waals surface area contributed by atoms with Crippen molar-refractivity contribution in [1.29, 1.82) is 0 Å². The van der Waals surface area contributed by atoms with Crippen molar-refractivity contribution in [2.45, 2.75) is 33.3 Å². The van der Waals surface area contributed by atoms with Crippen molar-refractivity contribution in [3.8, 4) is 11.5 Å². The minimum absolute atomic E-state index is 0.124. The van der Waals surface area contributed by atoms with Crippen molar-refractivity contribution in [3.05, 3.63) is 53.0 Å². The van der Waals surface area contributed by atoms with E-state index in [1.807, 2.05) is 26.0 Å². The fourth-order valence-electron chi connectivity index (χ4n) is 2.88. The van der Waals surface area contributed by atoms with Crippen LogP contribution >= 0.6 is 0 Å². The molecule has 0 fully saturated rings. The van der Waals surface area contributed by atoms with Gasteiger partial charge in [0.25, 0.3) is 11.8 Å². The number of carbonyl (C=O) groups excluding carboxylic acids is 2. The lowest BCUT2D eigenvalue weighted by molar-refractivity contribution is -0.117. The lowest BCUT2D eigenvalue weighted by atomic mass is 10.1. The summed E-state index contributed by atoms with van der Waals surface area (Å²) in [4.78, 5) is 24.0. The molecule has 0 spiro atoms. The number of hydrazine groups is 1. The van der Waals surface area contributed by atoms with E-state index in [4.69, 9.17) is 13.9 Å². The number of aryl methyl sites for hydroxylation is 1. The number of fused-ring (bicyclic) bond motifs is 1. The first-order valence-corrected chi connectivity index (χ1v) is 8.76. The number of benzene rings is 1. The van der Waals surface area contributed by atoms with Crippen LogP contribution in [0.3, 0.4) is 0 Å². The highest BCUT2D eigenvalue weighted by Gasteiger charge is 2.21. The molecule has 0 bridgehead atoms. The van der Waals surface area contributed by atoms with Gasteiger partial charge in [0, 0.05) is 23.6 Å². The van der Waals surface area contributed by atoms with Crippen molar-refractivity contribution in [1.82, 2.24) is 10.9 Å². The zero-order valence-electron chi connectivity index (χ0n) is 15.5. The van der Waals surface area contributed by atoms with Gasteiger partial charge in [-0.25, -0.2) is 0 Å². The molecule has 2 N–H and O–H groups in total. The van der Waals surface area contributed by atoms with Gasteiger partial charge in [-0.3, -0.25) is 20.4 Å². The van der Waals surface area contributed by atoms with Crippen LogP contribution in [0, 0.1) is 6.92 Å². The number of nitrogens with one attached hydrogen (secondary N) is 2. The molecule has 1 aliphatic heterocycles. The van der Waals surface area contributed by atoms with Crippen LogP contribution in [0.25, 0.3) is 6.08 Å². The number of furan rings is 1. The van der Waals surface area contributed by atoms with Crippen molar-refractivity contribution < 1.29 is 23.5 Å². The minimum atomic E-state index is -0.471. The van der Waals surface area contributed by atoms with Gasteiger partial charge in [-0.05, 0) is 45.0 Å². The zero-order chi connectivity index (χ0) is 19.4. The number of hydrogen-bond donors (Lipinski definition) is 2. The summed E-state index contributed by atoms with van der Waals surface area (Å²) in [5.74, 6) is 1.05. The average Bonchev–Trinajstić information content (AvgIpc) is 3.22. The van der Waals surface area contributed by atoms with E-state index in [0.717, 1.165) is 23.3 Å². The van der Waals surface area contributed by atoms with Crippen LogP contribution in [0.4, 0.5) is 0 Å². The number of rotatable bonds is 5. The largest absolute Gasteiger partial charge is 0.493 e. The van der Waals surface area contributed by atoms with Crippen molar-refractivity contribution in [2.75, 3.05) is 6.61 Å². The zero-order valence-corrected chi connectivity index (χ0v) is 15.5. The van der Waals surface area contributed by atoms with Crippen molar-refractivity contribution in [2.24, 2.45) is 0 Å². The fraction of sp³-hybridized carbons (Fsp3) is 0.300. The minimum Gasteiger partial charge on any atom is -0.493 e. The first-order valence-electron chi connectivity index (χ1n) is 8.76. The van der Waals surface area contributed by atoms with Gasteiger partial charge < -0.3 is 13.9 Å². The lowest BCUT2D eigenvalue weighted by Gasteiger charge is -2.10. The van der Waals surface area contributed by atoms with Crippen LogP contribution in [-0.2, 0) is 11.2 Å². The summed E-state index contributed by atoms with van der Waals surface area (Å²) in [7, 11) is 0. The summed E-state index contributed by atoms with van der Waals surface area (Å²) in [5, 5.41) is 0. The first-order chi connectivity index (χ1) is 13.0. The summed E-state index contributed by atoms with van der Waals surface area (Å²) < 4.78 is 16.5. The van der Waals surface area contributed by atoms with Gasteiger partial charge in [0.05, 0.1) is 18.4 Å². The van der Waals surface area contributed by atoms with Crippen LogP contribution in [-0.4, -0.2) is 24.5 Å². The Morgan fingerprint density at radius 1 is 1.33 bits per heavy atom. The number of ether oxygens (including phenoxy) is 2. The number of carbonyl (C=O) groups is 2. The third kappa shape index (κ3) is 4.31. The molecule has 0 radical (unpaired) electrons. The van der Waals surface area contributed by atoms with Gasteiger partial charge in [0.1, 0.15) is 23.4 Å². The summed E-state index contributed by atoms with van der Waals surface area (Å²) in [6.45, 7) is 6.10. The molecule has 1 atom stereocenters. The lowest BCUT2D eigenvalue weighted by Crippen LogP contribution is -2.40. The van der Waals surface area contributed by atoms with E-state index in [1.54, 1.807) is 13.0 Å².